The summed E-state index contributed by atoms with van der Waals surface area (Å²) in [5.74, 6) is -0.0414. The summed E-state index contributed by atoms with van der Waals surface area (Å²) in [6.07, 6.45) is 8.78. The summed E-state index contributed by atoms with van der Waals surface area (Å²) in [7, 11) is 0. The summed E-state index contributed by atoms with van der Waals surface area (Å²) in [5.41, 5.74) is 6.20. The van der Waals surface area contributed by atoms with Gasteiger partial charge in [-0.25, -0.2) is 0 Å². The highest BCUT2D eigenvalue weighted by atomic mass is 35.5. The summed E-state index contributed by atoms with van der Waals surface area (Å²) in [6.45, 7) is 6.50. The van der Waals surface area contributed by atoms with Crippen LogP contribution in [-0.2, 0) is 25.8 Å². The molecule has 0 aliphatic heterocycles. The molecule has 0 saturated heterocycles. The van der Waals surface area contributed by atoms with Crippen molar-refractivity contribution in [3.05, 3.63) is 53.8 Å². The van der Waals surface area contributed by atoms with Gasteiger partial charge in [-0.1, -0.05) is 24.4 Å². The molecule has 0 aliphatic rings. The molecule has 0 radical (unpaired) electrons. The van der Waals surface area contributed by atoms with E-state index in [4.69, 9.17) is 36.8 Å². The molecule has 11 heteroatoms. The van der Waals surface area contributed by atoms with Crippen LogP contribution in [0.5, 0.6) is 5.75 Å². The van der Waals surface area contributed by atoms with Crippen molar-refractivity contribution in [1.29, 1.82) is 5.26 Å². The lowest BCUT2D eigenvalue weighted by molar-refractivity contribution is -0.727. The van der Waals surface area contributed by atoms with Crippen LogP contribution in [0.2, 0.25) is 5.02 Å². The summed E-state index contributed by atoms with van der Waals surface area (Å²) < 4.78 is 17.8. The topological polar surface area (TPSA) is 131 Å². The first kappa shape index (κ1) is 31.4. The average Bonchev–Trinajstić information content (AvgIpc) is 2.88. The number of hydrogen-bond acceptors (Lipinski definition) is 7. The van der Waals surface area contributed by atoms with Crippen molar-refractivity contribution < 1.29 is 28.4 Å². The van der Waals surface area contributed by atoms with Gasteiger partial charge in [0.25, 0.3) is 6.73 Å². The third-order valence-electron chi connectivity index (χ3n) is 5.31. The van der Waals surface area contributed by atoms with Crippen LogP contribution in [0.25, 0.3) is 0 Å². The number of esters is 2. The molecule has 1 aromatic heterocycles. The highest BCUT2D eigenvalue weighted by molar-refractivity contribution is 6.30. The maximum absolute atomic E-state index is 12.0. The van der Waals surface area contributed by atoms with Gasteiger partial charge in [-0.2, -0.15) is 9.83 Å². The van der Waals surface area contributed by atoms with E-state index in [1.54, 1.807) is 73.1 Å². The lowest BCUT2D eigenvalue weighted by Gasteiger charge is -2.22. The Kier molecular flexibility index (Phi) is 13.0. The SMILES string of the molecule is CC(C)(C)OC(=O)CCC(=O)OC[n+]1ccc(N(CCCCCCOc2ccc(Cl)cc2)C(N)=NC#N)cc1. The number of guanidine groups is 1. The van der Waals surface area contributed by atoms with Crippen LogP contribution in [0, 0.1) is 11.5 Å². The highest BCUT2D eigenvalue weighted by Gasteiger charge is 2.18. The molecule has 0 atom stereocenters. The zero-order valence-corrected chi connectivity index (χ0v) is 23.5. The molecule has 0 amide bonds. The fourth-order valence-corrected chi connectivity index (χ4v) is 3.59. The second-order valence-electron chi connectivity index (χ2n) is 9.74. The standard InChI is InChI=1S/C28H37ClN5O5/c1-28(2,3)39-26(36)13-12-25(35)38-21-33-17-14-23(15-18-33)34(27(31)32-20-30)16-6-4-5-7-19-37-24-10-8-22(29)9-11-24/h8-11,14-15,17-18H,4-7,12-13,16,19,21H2,1-3H3,(H2,31,32)/q+1. The third-order valence-corrected chi connectivity index (χ3v) is 5.56. The van der Waals surface area contributed by atoms with Crippen LogP contribution < -0.4 is 19.9 Å². The van der Waals surface area contributed by atoms with Crippen molar-refractivity contribution in [1.82, 2.24) is 0 Å². The van der Waals surface area contributed by atoms with E-state index in [1.165, 1.54) is 0 Å². The molecule has 0 unspecified atom stereocenters. The van der Waals surface area contributed by atoms with Crippen LogP contribution in [0.15, 0.2) is 53.8 Å². The molecule has 0 aliphatic carbocycles. The van der Waals surface area contributed by atoms with Gasteiger partial charge in [0, 0.05) is 23.7 Å². The van der Waals surface area contributed by atoms with Crippen molar-refractivity contribution in [3.63, 3.8) is 0 Å². The van der Waals surface area contributed by atoms with Gasteiger partial charge in [-0.3, -0.25) is 9.59 Å². The number of hydrogen-bond donors (Lipinski definition) is 1. The lowest BCUT2D eigenvalue weighted by Crippen LogP contribution is -2.40. The molecule has 2 rings (SSSR count). The first-order chi connectivity index (χ1) is 18.6. The average molecular weight is 559 g/mol. The minimum Gasteiger partial charge on any atom is -0.494 e. The van der Waals surface area contributed by atoms with E-state index in [-0.39, 0.29) is 25.5 Å². The Morgan fingerprint density at radius 2 is 1.67 bits per heavy atom. The van der Waals surface area contributed by atoms with Gasteiger partial charge in [0.1, 0.15) is 11.4 Å². The van der Waals surface area contributed by atoms with Gasteiger partial charge in [0.2, 0.25) is 12.2 Å². The number of ether oxygens (including phenoxy) is 3. The van der Waals surface area contributed by atoms with E-state index in [0.717, 1.165) is 37.1 Å². The molecule has 10 nitrogen and oxygen atoms in total. The first-order valence-electron chi connectivity index (χ1n) is 12.8. The number of aliphatic imine (C=N–C) groups is 1. The van der Waals surface area contributed by atoms with Gasteiger partial charge in [-0.15, -0.1) is 4.99 Å². The smallest absolute Gasteiger partial charge is 0.311 e. The molecular weight excluding hydrogens is 522 g/mol. The number of halogens is 1. The molecule has 0 bridgehead atoms. The number of benzene rings is 1. The number of nitriles is 1. The number of carbonyl (C=O) groups excluding carboxylic acids is 2. The van der Waals surface area contributed by atoms with E-state index >= 15 is 0 Å². The van der Waals surface area contributed by atoms with Crippen LogP contribution in [0.3, 0.4) is 0 Å². The number of pyridine rings is 1. The second kappa shape index (κ2) is 16.2. The molecule has 210 valence electrons. The first-order valence-corrected chi connectivity index (χ1v) is 13.2. The Bertz CT molecular complexity index is 1130. The third kappa shape index (κ3) is 13.0. The molecule has 1 aromatic carbocycles. The number of rotatable bonds is 14. The van der Waals surface area contributed by atoms with Crippen LogP contribution >= 0.6 is 11.6 Å². The van der Waals surface area contributed by atoms with Gasteiger partial charge in [0.15, 0.2) is 12.4 Å². The Hall–Kier alpha value is -3.84. The maximum atomic E-state index is 12.0. The highest BCUT2D eigenvalue weighted by Crippen LogP contribution is 2.17. The van der Waals surface area contributed by atoms with Gasteiger partial charge < -0.3 is 24.8 Å². The predicted molar refractivity (Wildman–Crippen MR) is 148 cm³/mol. The van der Waals surface area contributed by atoms with E-state index in [9.17, 15) is 9.59 Å². The van der Waals surface area contributed by atoms with Gasteiger partial charge in [0.05, 0.1) is 25.1 Å². The molecule has 2 aromatic rings. The van der Waals surface area contributed by atoms with E-state index in [0.29, 0.717) is 18.2 Å². The summed E-state index contributed by atoms with van der Waals surface area (Å²) in [5, 5.41) is 9.64. The number of nitrogens with zero attached hydrogens (tertiary/aromatic N) is 4. The van der Waals surface area contributed by atoms with Crippen molar-refractivity contribution >= 4 is 35.2 Å². The van der Waals surface area contributed by atoms with Crippen LogP contribution in [-0.4, -0.2) is 36.7 Å². The Balaban J connectivity index is 1.77. The molecule has 0 saturated carbocycles. The maximum Gasteiger partial charge on any atom is 0.311 e. The van der Waals surface area contributed by atoms with Gasteiger partial charge >= 0.3 is 11.9 Å². The molecule has 1 heterocycles. The molecule has 0 fully saturated rings. The number of nitrogens with two attached hydrogens (primary N) is 1. The predicted octanol–water partition coefficient (Wildman–Crippen LogP) is 4.49. The molecule has 2 N–H and O–H groups in total. The second-order valence-corrected chi connectivity index (χ2v) is 10.2. The number of carbonyl (C=O) groups is 2. The zero-order valence-electron chi connectivity index (χ0n) is 22.8. The monoisotopic (exact) mass is 558 g/mol. The molecule has 39 heavy (non-hydrogen) atoms. The lowest BCUT2D eigenvalue weighted by atomic mass is 10.2. The quantitative estimate of drug-likeness (QED) is 0.0895. The van der Waals surface area contributed by atoms with Crippen molar-refractivity contribution in [2.45, 2.75) is 71.6 Å². The fourth-order valence-electron chi connectivity index (χ4n) is 3.46. The summed E-state index contributed by atoms with van der Waals surface area (Å²) in [6, 6.07) is 10.9. The summed E-state index contributed by atoms with van der Waals surface area (Å²) >= 11 is 5.88. The number of anilines is 1. The van der Waals surface area contributed by atoms with Gasteiger partial charge in [-0.05, 0) is 57.9 Å². The van der Waals surface area contributed by atoms with E-state index in [1.807, 2.05) is 12.1 Å². The Labute approximate surface area is 234 Å². The zero-order chi connectivity index (χ0) is 28.7. The van der Waals surface area contributed by atoms with Crippen LogP contribution in [0.4, 0.5) is 5.69 Å². The van der Waals surface area contributed by atoms with E-state index < -0.39 is 17.5 Å². The minimum atomic E-state index is -0.596. The minimum absolute atomic E-state index is 0.00666. The van der Waals surface area contributed by atoms with Crippen LogP contribution in [0.1, 0.15) is 59.3 Å². The number of aromatic nitrogens is 1. The molecule has 0 spiro atoms. The Morgan fingerprint density at radius 1 is 1.03 bits per heavy atom. The summed E-state index contributed by atoms with van der Waals surface area (Å²) in [4.78, 5) is 29.2. The number of unbranched alkanes of at least 4 members (excludes halogenated alkanes) is 3. The largest absolute Gasteiger partial charge is 0.494 e. The van der Waals surface area contributed by atoms with Crippen molar-refractivity contribution in [3.8, 4) is 11.9 Å². The van der Waals surface area contributed by atoms with Crippen molar-refractivity contribution in [2.24, 2.45) is 10.7 Å². The van der Waals surface area contributed by atoms with Crippen molar-refractivity contribution in [2.75, 3.05) is 18.1 Å². The normalized spacial score (nSPS) is 11.4. The fraction of sp³-hybridized carbons (Fsp3) is 0.464. The molecular formula is C28H37ClN5O5+. The van der Waals surface area contributed by atoms with E-state index in [2.05, 4.69) is 4.99 Å². The Morgan fingerprint density at radius 3 is 2.31 bits per heavy atom.